The van der Waals surface area contributed by atoms with E-state index in [9.17, 15) is 0 Å². The molecule has 0 fully saturated rings. The molecule has 0 heterocycles. The molecule has 0 spiro atoms. The first-order valence-corrected chi connectivity index (χ1v) is 19.9. The van der Waals surface area contributed by atoms with E-state index in [1.165, 1.54) is 180 Å². The molecule has 1 unspecified atom stereocenters. The molecule has 0 saturated carbocycles. The molecule has 4 nitrogen and oxygen atoms in total. The molecule has 0 aliphatic carbocycles. The molecule has 0 amide bonds. The van der Waals surface area contributed by atoms with Gasteiger partial charge < -0.3 is 20.1 Å². The molecular weight excluding hydrogens is 528 g/mol. The molecule has 260 valence electrons. The zero-order chi connectivity index (χ0) is 31.2. The Morgan fingerprint density at radius 3 is 1.19 bits per heavy atom. The van der Waals surface area contributed by atoms with Crippen LogP contribution in [0.5, 0.6) is 0 Å². The minimum atomic E-state index is 0.184. The Balaban J connectivity index is 3.67. The van der Waals surface area contributed by atoms with E-state index >= 15 is 0 Å². The van der Waals surface area contributed by atoms with Crippen LogP contribution in [-0.2, 0) is 9.47 Å². The molecule has 0 aromatic rings. The number of unbranched alkanes of at least 4 members (excludes halogenated alkanes) is 26. The molecule has 0 aromatic heterocycles. The highest BCUT2D eigenvalue weighted by atomic mass is 16.5. The fourth-order valence-electron chi connectivity index (χ4n) is 5.98. The van der Waals surface area contributed by atoms with Gasteiger partial charge in [0.25, 0.3) is 0 Å². The number of ether oxygens (including phenoxy) is 2. The van der Waals surface area contributed by atoms with E-state index in [1.807, 2.05) is 7.05 Å². The van der Waals surface area contributed by atoms with Gasteiger partial charge in [0, 0.05) is 19.8 Å². The second-order valence-electron chi connectivity index (χ2n) is 13.4. The van der Waals surface area contributed by atoms with E-state index in [0.717, 1.165) is 45.9 Å². The Kier molecular flexibility index (Phi) is 39.7. The Morgan fingerprint density at radius 2 is 0.791 bits per heavy atom. The van der Waals surface area contributed by atoms with Crippen molar-refractivity contribution in [3.05, 3.63) is 0 Å². The predicted octanol–water partition coefficient (Wildman–Crippen LogP) is 11.5. The number of hydrogen-bond donors (Lipinski definition) is 2. The van der Waals surface area contributed by atoms with Crippen LogP contribution < -0.4 is 10.6 Å². The molecule has 0 bridgehead atoms. The van der Waals surface area contributed by atoms with Crippen LogP contribution in [0.2, 0.25) is 0 Å². The summed E-state index contributed by atoms with van der Waals surface area (Å²) in [6.07, 6.45) is 40.5. The third kappa shape index (κ3) is 37.9. The van der Waals surface area contributed by atoms with E-state index < -0.39 is 0 Å². The maximum Gasteiger partial charge on any atom is 0.0932 e. The van der Waals surface area contributed by atoms with Gasteiger partial charge in [-0.3, -0.25) is 0 Å². The van der Waals surface area contributed by atoms with Crippen molar-refractivity contribution >= 4 is 0 Å². The van der Waals surface area contributed by atoms with Crippen molar-refractivity contribution < 1.29 is 9.47 Å². The van der Waals surface area contributed by atoms with Crippen LogP contribution >= 0.6 is 0 Å². The summed E-state index contributed by atoms with van der Waals surface area (Å²) in [7, 11) is 2.02. The van der Waals surface area contributed by atoms with Crippen molar-refractivity contribution in [2.45, 2.75) is 206 Å². The van der Waals surface area contributed by atoms with Gasteiger partial charge in [0.05, 0.1) is 12.7 Å². The smallest absolute Gasteiger partial charge is 0.0932 e. The van der Waals surface area contributed by atoms with Crippen LogP contribution in [0.15, 0.2) is 0 Å². The van der Waals surface area contributed by atoms with Crippen molar-refractivity contribution in [2.24, 2.45) is 0 Å². The van der Waals surface area contributed by atoms with Gasteiger partial charge in [0.1, 0.15) is 0 Å². The monoisotopic (exact) mass is 611 g/mol. The Bertz CT molecular complexity index is 476. The molecule has 0 aliphatic rings. The molecule has 0 radical (unpaired) electrons. The average molecular weight is 611 g/mol. The fraction of sp³-hybridized carbons (Fsp3) is 1.00. The van der Waals surface area contributed by atoms with E-state index in [4.69, 9.17) is 9.47 Å². The second-order valence-corrected chi connectivity index (χ2v) is 13.4. The van der Waals surface area contributed by atoms with Gasteiger partial charge in [0.15, 0.2) is 0 Å². The number of rotatable bonds is 39. The summed E-state index contributed by atoms with van der Waals surface area (Å²) in [5.41, 5.74) is 0. The van der Waals surface area contributed by atoms with E-state index in [-0.39, 0.29) is 6.10 Å². The standard InChI is InChI=1S/C39H82N2O2/c1-4-6-8-10-12-14-16-18-20-22-24-26-28-30-35-42-38-39(37-41-34-32-33-40-3)43-36-31-29-27-25-23-21-19-17-15-13-11-9-7-5-2/h39-41H,4-38H2,1-3H3. The maximum atomic E-state index is 6.28. The van der Waals surface area contributed by atoms with Crippen molar-refractivity contribution in [1.82, 2.24) is 10.6 Å². The minimum absolute atomic E-state index is 0.184. The lowest BCUT2D eigenvalue weighted by molar-refractivity contribution is -0.0175. The van der Waals surface area contributed by atoms with Gasteiger partial charge in [-0.25, -0.2) is 0 Å². The molecule has 0 saturated heterocycles. The largest absolute Gasteiger partial charge is 0.379 e. The van der Waals surface area contributed by atoms with Crippen LogP contribution in [0.4, 0.5) is 0 Å². The van der Waals surface area contributed by atoms with E-state index in [1.54, 1.807) is 0 Å². The lowest BCUT2D eigenvalue weighted by Gasteiger charge is -2.19. The highest BCUT2D eigenvalue weighted by molar-refractivity contribution is 4.62. The lowest BCUT2D eigenvalue weighted by Crippen LogP contribution is -2.34. The summed E-state index contributed by atoms with van der Waals surface area (Å²) in [6.45, 7) is 10.1. The van der Waals surface area contributed by atoms with Crippen LogP contribution in [0, 0.1) is 0 Å². The number of nitrogens with one attached hydrogen (secondary N) is 2. The summed E-state index contributed by atoms with van der Waals surface area (Å²) in [5.74, 6) is 0. The van der Waals surface area contributed by atoms with Gasteiger partial charge in [-0.1, -0.05) is 181 Å². The number of hydrogen-bond acceptors (Lipinski definition) is 4. The molecule has 4 heteroatoms. The Hall–Kier alpha value is -0.160. The summed E-state index contributed by atoms with van der Waals surface area (Å²) in [4.78, 5) is 0. The molecule has 0 aliphatic heterocycles. The predicted molar refractivity (Wildman–Crippen MR) is 193 cm³/mol. The van der Waals surface area contributed by atoms with Crippen molar-refractivity contribution in [3.8, 4) is 0 Å². The van der Waals surface area contributed by atoms with E-state index in [2.05, 4.69) is 24.5 Å². The quantitative estimate of drug-likeness (QED) is 0.0679. The molecule has 1 atom stereocenters. The topological polar surface area (TPSA) is 42.5 Å². The van der Waals surface area contributed by atoms with Crippen LogP contribution in [0.1, 0.15) is 200 Å². The third-order valence-electron chi connectivity index (χ3n) is 8.95. The summed E-state index contributed by atoms with van der Waals surface area (Å²) in [5, 5.41) is 6.81. The third-order valence-corrected chi connectivity index (χ3v) is 8.95. The second kappa shape index (κ2) is 39.9. The van der Waals surface area contributed by atoms with Crippen LogP contribution in [0.3, 0.4) is 0 Å². The first kappa shape index (κ1) is 42.8. The van der Waals surface area contributed by atoms with Crippen molar-refractivity contribution in [1.29, 1.82) is 0 Å². The first-order chi connectivity index (χ1) is 21.3. The van der Waals surface area contributed by atoms with Gasteiger partial charge in [-0.05, 0) is 39.4 Å². The van der Waals surface area contributed by atoms with Gasteiger partial charge in [-0.2, -0.15) is 0 Å². The molecular formula is C39H82N2O2. The molecule has 2 N–H and O–H groups in total. The zero-order valence-electron chi connectivity index (χ0n) is 30.1. The lowest BCUT2D eigenvalue weighted by atomic mass is 10.0. The van der Waals surface area contributed by atoms with Gasteiger partial charge >= 0.3 is 0 Å². The van der Waals surface area contributed by atoms with Gasteiger partial charge in [0.2, 0.25) is 0 Å². The zero-order valence-corrected chi connectivity index (χ0v) is 30.1. The van der Waals surface area contributed by atoms with Gasteiger partial charge in [-0.15, -0.1) is 0 Å². The SMILES string of the molecule is CCCCCCCCCCCCCCCCOCC(CNCCCNC)OCCCCCCCCCCCCCCCC. The Morgan fingerprint density at radius 1 is 0.419 bits per heavy atom. The van der Waals surface area contributed by atoms with Crippen LogP contribution in [-0.4, -0.2) is 52.6 Å². The fourth-order valence-corrected chi connectivity index (χ4v) is 5.98. The van der Waals surface area contributed by atoms with Crippen molar-refractivity contribution in [3.63, 3.8) is 0 Å². The normalized spacial score (nSPS) is 12.3. The summed E-state index contributed by atoms with van der Waals surface area (Å²) >= 11 is 0. The summed E-state index contributed by atoms with van der Waals surface area (Å²) < 4.78 is 12.4. The molecule has 0 rings (SSSR count). The molecule has 43 heavy (non-hydrogen) atoms. The summed E-state index contributed by atoms with van der Waals surface area (Å²) in [6, 6.07) is 0. The molecule has 0 aromatic carbocycles. The van der Waals surface area contributed by atoms with Crippen LogP contribution in [0.25, 0.3) is 0 Å². The van der Waals surface area contributed by atoms with Crippen molar-refractivity contribution in [2.75, 3.05) is 46.5 Å². The first-order valence-electron chi connectivity index (χ1n) is 19.9. The van der Waals surface area contributed by atoms with E-state index in [0.29, 0.717) is 0 Å². The Labute approximate surface area is 272 Å². The highest BCUT2D eigenvalue weighted by Crippen LogP contribution is 2.14. The highest BCUT2D eigenvalue weighted by Gasteiger charge is 2.09. The maximum absolute atomic E-state index is 6.28. The average Bonchev–Trinajstić information content (AvgIpc) is 3.02. The minimum Gasteiger partial charge on any atom is -0.379 e.